The summed E-state index contributed by atoms with van der Waals surface area (Å²) in [4.78, 5) is 31.8. The van der Waals surface area contributed by atoms with Crippen LogP contribution in [0.2, 0.25) is 0 Å². The molecule has 3 heterocycles. The predicted molar refractivity (Wildman–Crippen MR) is 96.9 cm³/mol. The Hall–Kier alpha value is -2.34. The molecule has 1 aromatic carbocycles. The second-order valence-electron chi connectivity index (χ2n) is 6.81. The standard InChI is InChI=1S/C19H19N3O2S/c1-19(2)15(16(23)21-11-12-7-5-6-10-20-12)22-17(24)13-8-3-4-9-14(13)18(22)25-19/h3-10,15,18H,11H2,1-2H3,(H,21,23). The molecule has 25 heavy (non-hydrogen) atoms. The van der Waals surface area contributed by atoms with Crippen molar-refractivity contribution in [1.29, 1.82) is 0 Å². The third-order valence-electron chi connectivity index (χ3n) is 4.71. The number of hydrogen-bond acceptors (Lipinski definition) is 4. The van der Waals surface area contributed by atoms with E-state index in [4.69, 9.17) is 0 Å². The second-order valence-corrected chi connectivity index (χ2v) is 8.55. The molecule has 0 spiro atoms. The van der Waals surface area contributed by atoms with E-state index in [0.717, 1.165) is 11.3 Å². The predicted octanol–water partition coefficient (Wildman–Crippen LogP) is 2.75. The van der Waals surface area contributed by atoms with Crippen molar-refractivity contribution < 1.29 is 9.59 Å². The second kappa shape index (κ2) is 5.88. The van der Waals surface area contributed by atoms with Crippen LogP contribution in [-0.2, 0) is 11.3 Å². The van der Waals surface area contributed by atoms with Gasteiger partial charge in [0.05, 0.1) is 12.2 Å². The van der Waals surface area contributed by atoms with Crippen molar-refractivity contribution in [2.45, 2.75) is 36.6 Å². The van der Waals surface area contributed by atoms with Crippen molar-refractivity contribution >= 4 is 23.6 Å². The summed E-state index contributed by atoms with van der Waals surface area (Å²) in [6, 6.07) is 12.7. The summed E-state index contributed by atoms with van der Waals surface area (Å²) >= 11 is 1.67. The molecular weight excluding hydrogens is 334 g/mol. The van der Waals surface area contributed by atoms with Gasteiger partial charge in [0.25, 0.3) is 5.91 Å². The third-order valence-corrected chi connectivity index (χ3v) is 6.25. The van der Waals surface area contributed by atoms with Gasteiger partial charge in [0.15, 0.2) is 0 Å². The number of rotatable bonds is 3. The van der Waals surface area contributed by atoms with Crippen molar-refractivity contribution in [1.82, 2.24) is 15.2 Å². The van der Waals surface area contributed by atoms with Crippen LogP contribution in [0.4, 0.5) is 0 Å². The third kappa shape index (κ3) is 2.61. The van der Waals surface area contributed by atoms with Crippen LogP contribution in [0.25, 0.3) is 0 Å². The zero-order valence-corrected chi connectivity index (χ0v) is 14.9. The van der Waals surface area contributed by atoms with Crippen molar-refractivity contribution in [2.75, 3.05) is 0 Å². The van der Waals surface area contributed by atoms with Crippen molar-refractivity contribution in [3.63, 3.8) is 0 Å². The van der Waals surface area contributed by atoms with E-state index in [2.05, 4.69) is 10.3 Å². The van der Waals surface area contributed by atoms with Gasteiger partial charge in [-0.25, -0.2) is 0 Å². The summed E-state index contributed by atoms with van der Waals surface area (Å²) in [6.45, 7) is 4.41. The monoisotopic (exact) mass is 353 g/mol. The molecule has 0 saturated carbocycles. The summed E-state index contributed by atoms with van der Waals surface area (Å²) in [5.74, 6) is -0.191. The number of benzene rings is 1. The SMILES string of the molecule is CC1(C)SC2c3ccccc3C(=O)N2C1C(=O)NCc1ccccn1. The van der Waals surface area contributed by atoms with E-state index in [-0.39, 0.29) is 21.9 Å². The van der Waals surface area contributed by atoms with E-state index >= 15 is 0 Å². The fraction of sp³-hybridized carbons (Fsp3) is 0.316. The lowest BCUT2D eigenvalue weighted by atomic mass is 10.0. The molecule has 128 valence electrons. The van der Waals surface area contributed by atoms with E-state index in [1.165, 1.54) is 0 Å². The van der Waals surface area contributed by atoms with Crippen LogP contribution >= 0.6 is 11.8 Å². The average molecular weight is 353 g/mol. The fourth-order valence-electron chi connectivity index (χ4n) is 3.58. The van der Waals surface area contributed by atoms with Gasteiger partial charge in [-0.2, -0.15) is 0 Å². The molecular formula is C19H19N3O2S. The lowest BCUT2D eigenvalue weighted by Crippen LogP contribution is -2.52. The number of amides is 2. The Kier molecular flexibility index (Phi) is 3.80. The van der Waals surface area contributed by atoms with E-state index in [1.54, 1.807) is 22.9 Å². The van der Waals surface area contributed by atoms with E-state index in [9.17, 15) is 9.59 Å². The molecule has 0 aliphatic carbocycles. The minimum Gasteiger partial charge on any atom is -0.349 e. The highest BCUT2D eigenvalue weighted by Gasteiger charge is 2.57. The molecule has 6 heteroatoms. The van der Waals surface area contributed by atoms with Gasteiger partial charge < -0.3 is 10.2 Å². The Morgan fingerprint density at radius 2 is 2.00 bits per heavy atom. The summed E-state index contributed by atoms with van der Waals surface area (Å²) < 4.78 is -0.359. The van der Waals surface area contributed by atoms with E-state index in [0.29, 0.717) is 12.1 Å². The minimum atomic E-state index is -0.508. The van der Waals surface area contributed by atoms with Gasteiger partial charge in [-0.3, -0.25) is 14.6 Å². The molecule has 2 aromatic rings. The number of carbonyl (C=O) groups is 2. The summed E-state index contributed by atoms with van der Waals surface area (Å²) in [7, 11) is 0. The zero-order chi connectivity index (χ0) is 17.6. The molecule has 0 bridgehead atoms. The first-order chi connectivity index (χ1) is 12.0. The average Bonchev–Trinajstić information content (AvgIpc) is 3.04. The van der Waals surface area contributed by atoms with Crippen LogP contribution in [0.15, 0.2) is 48.7 Å². The van der Waals surface area contributed by atoms with Crippen LogP contribution in [0.5, 0.6) is 0 Å². The smallest absolute Gasteiger partial charge is 0.256 e. The van der Waals surface area contributed by atoms with Gasteiger partial charge in [0.2, 0.25) is 5.91 Å². The van der Waals surface area contributed by atoms with Crippen LogP contribution in [0.3, 0.4) is 0 Å². The number of hydrogen-bond donors (Lipinski definition) is 1. The van der Waals surface area contributed by atoms with Gasteiger partial charge in [0, 0.05) is 16.5 Å². The summed E-state index contributed by atoms with van der Waals surface area (Å²) in [5, 5.41) is 2.85. The first-order valence-electron chi connectivity index (χ1n) is 8.26. The fourth-order valence-corrected chi connectivity index (χ4v) is 5.17. The number of aromatic nitrogens is 1. The Morgan fingerprint density at radius 3 is 2.76 bits per heavy atom. The maximum atomic E-state index is 12.9. The normalized spacial score (nSPS) is 23.3. The quantitative estimate of drug-likeness (QED) is 0.922. The highest BCUT2D eigenvalue weighted by molar-refractivity contribution is 8.01. The number of thioether (sulfide) groups is 1. The molecule has 4 rings (SSSR count). The van der Waals surface area contributed by atoms with Crippen LogP contribution in [0, 0.1) is 0 Å². The number of nitrogens with one attached hydrogen (secondary N) is 1. The van der Waals surface area contributed by atoms with Crippen LogP contribution in [0.1, 0.15) is 40.8 Å². The first-order valence-corrected chi connectivity index (χ1v) is 9.14. The minimum absolute atomic E-state index is 0.0586. The molecule has 1 aromatic heterocycles. The van der Waals surface area contributed by atoms with Gasteiger partial charge in [-0.15, -0.1) is 11.8 Å². The Balaban J connectivity index is 1.59. The van der Waals surface area contributed by atoms with Gasteiger partial charge in [-0.05, 0) is 37.6 Å². The molecule has 1 fully saturated rings. The Bertz CT molecular complexity index is 838. The molecule has 5 nitrogen and oxygen atoms in total. The van der Waals surface area contributed by atoms with Gasteiger partial charge in [-0.1, -0.05) is 24.3 Å². The molecule has 2 aliphatic heterocycles. The maximum Gasteiger partial charge on any atom is 0.256 e. The number of carbonyl (C=O) groups excluding carboxylic acids is 2. The van der Waals surface area contributed by atoms with Crippen molar-refractivity contribution in [2.24, 2.45) is 0 Å². The molecule has 1 saturated heterocycles. The van der Waals surface area contributed by atoms with E-state index in [1.807, 2.05) is 56.3 Å². The van der Waals surface area contributed by atoms with Crippen LogP contribution in [-0.4, -0.2) is 32.5 Å². The number of pyridine rings is 1. The van der Waals surface area contributed by atoms with Crippen LogP contribution < -0.4 is 5.32 Å². The zero-order valence-electron chi connectivity index (χ0n) is 14.1. The highest BCUT2D eigenvalue weighted by atomic mass is 32.2. The molecule has 1 N–H and O–H groups in total. The Labute approximate surface area is 150 Å². The lowest BCUT2D eigenvalue weighted by molar-refractivity contribution is -0.126. The summed E-state index contributed by atoms with van der Waals surface area (Å²) in [6.07, 6.45) is 1.70. The molecule has 2 aliphatic rings. The molecule has 2 amide bonds. The topological polar surface area (TPSA) is 62.3 Å². The van der Waals surface area contributed by atoms with Crippen molar-refractivity contribution in [3.05, 3.63) is 65.5 Å². The van der Waals surface area contributed by atoms with Gasteiger partial charge in [0.1, 0.15) is 11.4 Å². The molecule has 0 radical (unpaired) electrons. The van der Waals surface area contributed by atoms with E-state index < -0.39 is 6.04 Å². The number of nitrogens with zero attached hydrogens (tertiary/aromatic N) is 2. The number of fused-ring (bicyclic) bond motifs is 3. The highest BCUT2D eigenvalue weighted by Crippen LogP contribution is 2.56. The largest absolute Gasteiger partial charge is 0.349 e. The first kappa shape index (κ1) is 16.1. The van der Waals surface area contributed by atoms with Crippen molar-refractivity contribution in [3.8, 4) is 0 Å². The molecule has 2 atom stereocenters. The maximum absolute atomic E-state index is 12.9. The summed E-state index contributed by atoms with van der Waals surface area (Å²) in [5.41, 5.74) is 2.51. The van der Waals surface area contributed by atoms with Gasteiger partial charge >= 0.3 is 0 Å². The Morgan fingerprint density at radius 1 is 1.24 bits per heavy atom. The lowest BCUT2D eigenvalue weighted by Gasteiger charge is -2.29. The molecule has 2 unspecified atom stereocenters.